The van der Waals surface area contributed by atoms with Crippen molar-refractivity contribution in [3.8, 4) is 0 Å². The number of ether oxygens (including phenoxy) is 1. The van der Waals surface area contributed by atoms with Gasteiger partial charge in [-0.05, 0) is 12.1 Å². The molecule has 0 radical (unpaired) electrons. The fourth-order valence-corrected chi connectivity index (χ4v) is 3.66. The largest absolute Gasteiger partial charge is 0.468 e. The van der Waals surface area contributed by atoms with Gasteiger partial charge in [0.2, 0.25) is 0 Å². The number of carbonyl (C=O) groups is 3. The Morgan fingerprint density at radius 3 is 2.52 bits per heavy atom. The molecule has 6 nitrogen and oxygen atoms in total. The SMILES string of the molecule is COC(=O)[C@@H]1CS[C@H](CN2C(=O)c3ccccc3C2=O)N1. The van der Waals surface area contributed by atoms with Crippen LogP contribution < -0.4 is 5.32 Å². The molecule has 1 fully saturated rings. The van der Waals surface area contributed by atoms with E-state index in [1.807, 2.05) is 0 Å². The summed E-state index contributed by atoms with van der Waals surface area (Å²) in [5.41, 5.74) is 0.880. The smallest absolute Gasteiger partial charge is 0.323 e. The van der Waals surface area contributed by atoms with E-state index in [0.717, 1.165) is 0 Å². The zero-order valence-corrected chi connectivity index (χ0v) is 12.2. The molecule has 21 heavy (non-hydrogen) atoms. The Morgan fingerprint density at radius 1 is 1.33 bits per heavy atom. The summed E-state index contributed by atoms with van der Waals surface area (Å²) < 4.78 is 4.68. The van der Waals surface area contributed by atoms with Crippen molar-refractivity contribution in [1.29, 1.82) is 0 Å². The highest BCUT2D eigenvalue weighted by Crippen LogP contribution is 2.26. The van der Waals surface area contributed by atoms with Gasteiger partial charge in [-0.3, -0.25) is 24.6 Å². The number of methoxy groups -OCH3 is 1. The Hall–Kier alpha value is -1.86. The van der Waals surface area contributed by atoms with Gasteiger partial charge in [0.1, 0.15) is 6.04 Å². The minimum absolute atomic E-state index is 0.156. The number of nitrogens with one attached hydrogen (secondary N) is 1. The first-order valence-corrected chi connectivity index (χ1v) is 7.57. The lowest BCUT2D eigenvalue weighted by molar-refractivity contribution is -0.142. The predicted molar refractivity (Wildman–Crippen MR) is 77.0 cm³/mol. The third-order valence-electron chi connectivity index (χ3n) is 3.56. The Balaban J connectivity index is 1.69. The number of benzene rings is 1. The number of hydrogen-bond donors (Lipinski definition) is 1. The normalized spacial score (nSPS) is 24.3. The molecule has 7 heteroatoms. The molecule has 0 saturated carbocycles. The van der Waals surface area contributed by atoms with E-state index in [1.54, 1.807) is 24.3 Å². The lowest BCUT2D eigenvalue weighted by Gasteiger charge is -2.19. The third kappa shape index (κ3) is 2.43. The van der Waals surface area contributed by atoms with Crippen LogP contribution in [0.3, 0.4) is 0 Å². The van der Waals surface area contributed by atoms with Crippen molar-refractivity contribution in [2.75, 3.05) is 19.4 Å². The van der Waals surface area contributed by atoms with E-state index in [-0.39, 0.29) is 35.7 Å². The van der Waals surface area contributed by atoms with Gasteiger partial charge in [-0.1, -0.05) is 12.1 Å². The molecule has 2 heterocycles. The van der Waals surface area contributed by atoms with Gasteiger partial charge in [0, 0.05) is 5.75 Å². The van der Waals surface area contributed by atoms with Gasteiger partial charge in [-0.15, -0.1) is 11.8 Å². The lowest BCUT2D eigenvalue weighted by atomic mass is 10.1. The van der Waals surface area contributed by atoms with E-state index in [2.05, 4.69) is 10.1 Å². The van der Waals surface area contributed by atoms with Crippen LogP contribution in [0.25, 0.3) is 0 Å². The van der Waals surface area contributed by atoms with E-state index < -0.39 is 0 Å². The molecular formula is C14H14N2O4S. The number of imide groups is 1. The first kappa shape index (κ1) is 14.1. The number of amides is 2. The van der Waals surface area contributed by atoms with Crippen LogP contribution in [0.4, 0.5) is 0 Å². The number of hydrogen-bond acceptors (Lipinski definition) is 6. The third-order valence-corrected chi connectivity index (χ3v) is 4.78. The number of nitrogens with zero attached hydrogens (tertiary/aromatic N) is 1. The van der Waals surface area contributed by atoms with Crippen molar-refractivity contribution in [1.82, 2.24) is 10.2 Å². The van der Waals surface area contributed by atoms with E-state index in [0.29, 0.717) is 16.9 Å². The Kier molecular flexibility index (Phi) is 3.69. The maximum atomic E-state index is 12.2. The average Bonchev–Trinajstić information content (AvgIpc) is 3.07. The van der Waals surface area contributed by atoms with Crippen LogP contribution in [-0.4, -0.2) is 53.5 Å². The summed E-state index contributed by atoms with van der Waals surface area (Å²) in [6.45, 7) is 0.241. The first-order chi connectivity index (χ1) is 10.1. The first-order valence-electron chi connectivity index (χ1n) is 6.52. The molecule has 3 rings (SSSR count). The Bertz CT molecular complexity index is 584. The highest BCUT2D eigenvalue weighted by Gasteiger charge is 2.39. The standard InChI is InChI=1S/C14H14N2O4S/c1-20-14(19)10-7-21-11(15-10)6-16-12(17)8-4-2-3-5-9(8)13(16)18/h2-5,10-11,15H,6-7H2,1H3/t10-,11+/m0/s1. The molecule has 0 aromatic heterocycles. The molecule has 2 amide bonds. The number of rotatable bonds is 3. The number of thioether (sulfide) groups is 1. The second kappa shape index (κ2) is 5.50. The summed E-state index contributed by atoms with van der Waals surface area (Å²) in [4.78, 5) is 37.2. The van der Waals surface area contributed by atoms with Crippen LogP contribution >= 0.6 is 11.8 Å². The van der Waals surface area contributed by atoms with Crippen LogP contribution in [0.5, 0.6) is 0 Å². The van der Waals surface area contributed by atoms with Crippen molar-refractivity contribution in [3.63, 3.8) is 0 Å². The van der Waals surface area contributed by atoms with E-state index in [1.165, 1.54) is 23.8 Å². The average molecular weight is 306 g/mol. The predicted octanol–water partition coefficient (Wildman–Crippen LogP) is 0.487. The van der Waals surface area contributed by atoms with Gasteiger partial charge in [-0.2, -0.15) is 0 Å². The van der Waals surface area contributed by atoms with Crippen LogP contribution in [0, 0.1) is 0 Å². The fourth-order valence-electron chi connectivity index (χ4n) is 2.49. The molecule has 2 atom stereocenters. The van der Waals surface area contributed by atoms with Gasteiger partial charge < -0.3 is 4.74 Å². The van der Waals surface area contributed by atoms with Crippen molar-refractivity contribution in [2.24, 2.45) is 0 Å². The maximum Gasteiger partial charge on any atom is 0.323 e. The molecular weight excluding hydrogens is 292 g/mol. The van der Waals surface area contributed by atoms with Gasteiger partial charge in [-0.25, -0.2) is 0 Å². The van der Waals surface area contributed by atoms with Gasteiger partial charge in [0.05, 0.1) is 30.2 Å². The van der Waals surface area contributed by atoms with Crippen molar-refractivity contribution < 1.29 is 19.1 Å². The Morgan fingerprint density at radius 2 is 1.95 bits per heavy atom. The topological polar surface area (TPSA) is 75.7 Å². The lowest BCUT2D eigenvalue weighted by Crippen LogP contribution is -2.44. The van der Waals surface area contributed by atoms with Crippen LogP contribution in [-0.2, 0) is 9.53 Å². The number of esters is 1. The van der Waals surface area contributed by atoms with Crippen molar-refractivity contribution in [3.05, 3.63) is 35.4 Å². The molecule has 1 aromatic rings. The molecule has 0 unspecified atom stereocenters. The summed E-state index contributed by atoms with van der Waals surface area (Å²) in [7, 11) is 1.34. The fraction of sp³-hybridized carbons (Fsp3) is 0.357. The van der Waals surface area contributed by atoms with Gasteiger partial charge >= 0.3 is 5.97 Å². The van der Waals surface area contributed by atoms with E-state index in [9.17, 15) is 14.4 Å². The van der Waals surface area contributed by atoms with E-state index in [4.69, 9.17) is 0 Å². The summed E-state index contributed by atoms with van der Waals surface area (Å²) in [6, 6.07) is 6.40. The maximum absolute atomic E-state index is 12.2. The minimum Gasteiger partial charge on any atom is -0.468 e. The second-order valence-electron chi connectivity index (χ2n) is 4.83. The number of fused-ring (bicyclic) bond motifs is 1. The highest BCUT2D eigenvalue weighted by atomic mass is 32.2. The minimum atomic E-state index is -0.389. The molecule has 0 spiro atoms. The molecule has 1 saturated heterocycles. The zero-order chi connectivity index (χ0) is 15.0. The molecule has 2 aliphatic heterocycles. The van der Waals surface area contributed by atoms with Gasteiger partial charge in [0.15, 0.2) is 0 Å². The summed E-state index contributed by atoms with van der Waals surface area (Å²) in [6.07, 6.45) is 0. The molecule has 1 aromatic carbocycles. The molecule has 110 valence electrons. The second-order valence-corrected chi connectivity index (χ2v) is 6.07. The summed E-state index contributed by atoms with van der Waals surface area (Å²) >= 11 is 1.51. The van der Waals surface area contributed by atoms with Crippen LogP contribution in [0.1, 0.15) is 20.7 Å². The molecule has 0 aliphatic carbocycles. The van der Waals surface area contributed by atoms with E-state index >= 15 is 0 Å². The van der Waals surface area contributed by atoms with Crippen molar-refractivity contribution in [2.45, 2.75) is 11.4 Å². The molecule has 2 aliphatic rings. The molecule has 1 N–H and O–H groups in total. The summed E-state index contributed by atoms with van der Waals surface area (Å²) in [5.74, 6) is -0.313. The monoisotopic (exact) mass is 306 g/mol. The summed E-state index contributed by atoms with van der Waals surface area (Å²) in [5, 5.41) is 2.92. The van der Waals surface area contributed by atoms with Gasteiger partial charge in [0.25, 0.3) is 11.8 Å². The van der Waals surface area contributed by atoms with Crippen molar-refractivity contribution >= 4 is 29.5 Å². The van der Waals surface area contributed by atoms with Crippen LogP contribution in [0.2, 0.25) is 0 Å². The molecule has 0 bridgehead atoms. The quantitative estimate of drug-likeness (QED) is 0.647. The number of carbonyl (C=O) groups excluding carboxylic acids is 3. The zero-order valence-electron chi connectivity index (χ0n) is 11.4. The Labute approximate surface area is 125 Å². The van der Waals surface area contributed by atoms with Crippen LogP contribution in [0.15, 0.2) is 24.3 Å². The highest BCUT2D eigenvalue weighted by molar-refractivity contribution is 8.00.